The topological polar surface area (TPSA) is 237 Å². The van der Waals surface area contributed by atoms with Crippen LogP contribution in [0.3, 0.4) is 0 Å². The van der Waals surface area contributed by atoms with E-state index in [-0.39, 0.29) is 25.7 Å². The molecule has 19 heteroatoms. The number of carbonyl (C=O) groups is 4. The molecule has 6 atom stereocenters. The lowest BCUT2D eigenvalue weighted by atomic mass is 9.99. The lowest BCUT2D eigenvalue weighted by molar-refractivity contribution is -0.161. The van der Waals surface area contributed by atoms with E-state index in [0.29, 0.717) is 25.7 Å². The molecule has 3 N–H and O–H groups in total. The van der Waals surface area contributed by atoms with Gasteiger partial charge in [-0.15, -0.1) is 0 Å². The van der Waals surface area contributed by atoms with Gasteiger partial charge in [-0.1, -0.05) is 375 Å². The number of ether oxygens (including phenoxy) is 4. The Morgan fingerprint density at radius 1 is 0.290 bits per heavy atom. The Bertz CT molecular complexity index is 1930. The minimum absolute atomic E-state index is 0.105. The number of hydrogen-bond donors (Lipinski definition) is 3. The van der Waals surface area contributed by atoms with Gasteiger partial charge < -0.3 is 33.8 Å². The molecule has 17 nitrogen and oxygen atoms in total. The van der Waals surface area contributed by atoms with E-state index < -0.39 is 97.5 Å². The van der Waals surface area contributed by atoms with Crippen LogP contribution >= 0.6 is 15.6 Å². The molecule has 0 radical (unpaired) electrons. The summed E-state index contributed by atoms with van der Waals surface area (Å²) >= 11 is 0. The maximum Gasteiger partial charge on any atom is 0.472 e. The van der Waals surface area contributed by atoms with Crippen LogP contribution in [0.25, 0.3) is 0 Å². The lowest BCUT2D eigenvalue weighted by Gasteiger charge is -2.21. The molecule has 100 heavy (non-hydrogen) atoms. The largest absolute Gasteiger partial charge is 0.472 e. The molecule has 3 unspecified atom stereocenters. The number of esters is 4. The highest BCUT2D eigenvalue weighted by atomic mass is 31.2. The summed E-state index contributed by atoms with van der Waals surface area (Å²) in [5, 5.41) is 10.6. The molecule has 0 spiro atoms. The van der Waals surface area contributed by atoms with Gasteiger partial charge in [0.1, 0.15) is 19.3 Å². The van der Waals surface area contributed by atoms with E-state index in [1.807, 2.05) is 0 Å². The summed E-state index contributed by atoms with van der Waals surface area (Å²) in [4.78, 5) is 73.0. The van der Waals surface area contributed by atoms with Crippen molar-refractivity contribution >= 4 is 39.5 Å². The van der Waals surface area contributed by atoms with Crippen LogP contribution < -0.4 is 0 Å². The van der Waals surface area contributed by atoms with Crippen LogP contribution in [0, 0.1) is 11.8 Å². The summed E-state index contributed by atoms with van der Waals surface area (Å²) in [7, 11) is -9.92. The van der Waals surface area contributed by atoms with Crippen molar-refractivity contribution in [1.29, 1.82) is 0 Å². The first-order valence-electron chi connectivity index (χ1n) is 42.0. The molecule has 0 amide bonds. The van der Waals surface area contributed by atoms with Crippen molar-refractivity contribution in [2.24, 2.45) is 11.8 Å². The number of phosphoric ester groups is 2. The van der Waals surface area contributed by atoms with E-state index >= 15 is 0 Å². The van der Waals surface area contributed by atoms with E-state index in [1.54, 1.807) is 0 Å². The fourth-order valence-electron chi connectivity index (χ4n) is 12.5. The molecule has 0 aromatic heterocycles. The summed E-state index contributed by atoms with van der Waals surface area (Å²) in [6.07, 6.45) is 62.4. The van der Waals surface area contributed by atoms with Crippen LogP contribution in [-0.2, 0) is 65.4 Å². The minimum Gasteiger partial charge on any atom is -0.462 e. The van der Waals surface area contributed by atoms with Gasteiger partial charge >= 0.3 is 39.5 Å². The number of phosphoric acid groups is 2. The van der Waals surface area contributed by atoms with Gasteiger partial charge in [0.25, 0.3) is 0 Å². The Morgan fingerprint density at radius 3 is 0.760 bits per heavy atom. The molecule has 0 heterocycles. The Hall–Kier alpha value is -1.94. The molecule has 0 rings (SSSR count). The molecule has 0 bridgehead atoms. The summed E-state index contributed by atoms with van der Waals surface area (Å²) in [6.45, 7) is 9.61. The Morgan fingerprint density at radius 2 is 0.510 bits per heavy atom. The molecule has 0 aromatic rings. The van der Waals surface area contributed by atoms with Crippen molar-refractivity contribution in [3.63, 3.8) is 0 Å². The second-order valence-corrected chi connectivity index (χ2v) is 32.8. The van der Waals surface area contributed by atoms with E-state index in [0.717, 1.165) is 102 Å². The highest BCUT2D eigenvalue weighted by molar-refractivity contribution is 7.47. The zero-order valence-corrected chi connectivity index (χ0v) is 67.3. The van der Waals surface area contributed by atoms with Crippen molar-refractivity contribution < 1.29 is 80.2 Å². The van der Waals surface area contributed by atoms with Crippen LogP contribution in [0.15, 0.2) is 0 Å². The molecule has 0 fully saturated rings. The van der Waals surface area contributed by atoms with Crippen LogP contribution in [0.5, 0.6) is 0 Å². The third-order valence-corrected chi connectivity index (χ3v) is 21.2. The van der Waals surface area contributed by atoms with Gasteiger partial charge in [0.2, 0.25) is 0 Å². The number of aliphatic hydroxyl groups is 1. The molecule has 0 saturated carbocycles. The number of rotatable bonds is 80. The number of aliphatic hydroxyl groups excluding tert-OH is 1. The molecule has 0 aliphatic carbocycles. The number of hydrogen-bond acceptors (Lipinski definition) is 15. The van der Waals surface area contributed by atoms with Crippen LogP contribution in [0.4, 0.5) is 0 Å². The van der Waals surface area contributed by atoms with E-state index in [9.17, 15) is 43.2 Å². The Balaban J connectivity index is 5.24. The highest BCUT2D eigenvalue weighted by Crippen LogP contribution is 2.45. The van der Waals surface area contributed by atoms with Crippen molar-refractivity contribution in [2.45, 2.75) is 445 Å². The Kier molecular flexibility index (Phi) is 71.2. The smallest absolute Gasteiger partial charge is 0.462 e. The minimum atomic E-state index is -4.96. The highest BCUT2D eigenvalue weighted by Gasteiger charge is 2.30. The average molecular weight is 1470 g/mol. The second-order valence-electron chi connectivity index (χ2n) is 29.9. The monoisotopic (exact) mass is 1470 g/mol. The van der Waals surface area contributed by atoms with Crippen molar-refractivity contribution in [1.82, 2.24) is 0 Å². The average Bonchev–Trinajstić information content (AvgIpc) is 0.928. The van der Waals surface area contributed by atoms with Gasteiger partial charge in [0, 0.05) is 25.7 Å². The number of unbranched alkanes of at least 4 members (excludes halogenated alkanes) is 49. The standard InChI is InChI=1S/C81H158O17P2/c1-7-10-12-14-16-18-20-22-24-26-27-28-29-31-33-35-39-47-53-59-65-80(85)97-76(69-91-78(83)63-57-51-45-38-34-32-30-25-23-21-19-17-15-13-11-8-2)71-95-99(87,88)93-67-75(82)68-94-100(89,90)96-72-77(98-81(86)66-60-54-48-40-36-37-43-49-55-61-73(4)5)70-92-79(84)64-58-52-46-42-41-44-50-56-62-74(6)9-3/h73-77,82H,7-72H2,1-6H3,(H,87,88)(H,89,90)/t74?,75-,76-,77-/m1/s1. The first-order valence-corrected chi connectivity index (χ1v) is 45.0. The fraction of sp³-hybridized carbons (Fsp3) is 0.951. The zero-order valence-electron chi connectivity index (χ0n) is 65.5. The maximum atomic E-state index is 13.1. The van der Waals surface area contributed by atoms with Crippen molar-refractivity contribution in [2.75, 3.05) is 39.6 Å². The summed E-state index contributed by atoms with van der Waals surface area (Å²) in [5.41, 5.74) is 0. The van der Waals surface area contributed by atoms with Gasteiger partial charge in [0.15, 0.2) is 12.2 Å². The van der Waals surface area contributed by atoms with E-state index in [2.05, 4.69) is 41.5 Å². The van der Waals surface area contributed by atoms with Gasteiger partial charge in [0.05, 0.1) is 26.4 Å². The third kappa shape index (κ3) is 73.0. The second kappa shape index (κ2) is 72.6. The predicted octanol–water partition coefficient (Wildman–Crippen LogP) is 24.3. The molecular formula is C81H158O17P2. The summed E-state index contributed by atoms with van der Waals surface area (Å²) < 4.78 is 68.7. The Labute approximate surface area is 613 Å². The molecular weight excluding hydrogens is 1310 g/mol. The molecule has 0 aliphatic heterocycles. The molecule has 0 aliphatic rings. The lowest BCUT2D eigenvalue weighted by Crippen LogP contribution is -2.30. The normalized spacial score (nSPS) is 14.2. The van der Waals surface area contributed by atoms with E-state index in [4.69, 9.17) is 37.0 Å². The molecule has 0 aromatic carbocycles. The first-order chi connectivity index (χ1) is 48.4. The van der Waals surface area contributed by atoms with E-state index in [1.165, 1.54) is 244 Å². The zero-order chi connectivity index (χ0) is 73.5. The SMILES string of the molecule is CCCCCCCCCCCCCCCCCCCCCCC(=O)O[C@H](COC(=O)CCCCCCCCCCCCCCCCCC)COP(=O)(O)OC[C@@H](O)COP(=O)(O)OC[C@@H](COC(=O)CCCCCCCCCCC(C)CC)OC(=O)CCCCCCCCCCCC(C)C. The van der Waals surface area contributed by atoms with Crippen molar-refractivity contribution in [3.05, 3.63) is 0 Å². The maximum absolute atomic E-state index is 13.1. The fourth-order valence-corrected chi connectivity index (χ4v) is 14.1. The summed E-state index contributed by atoms with van der Waals surface area (Å²) in [6, 6.07) is 0. The van der Waals surface area contributed by atoms with Crippen LogP contribution in [0.1, 0.15) is 427 Å². The van der Waals surface area contributed by atoms with Gasteiger partial charge in [-0.2, -0.15) is 0 Å². The van der Waals surface area contributed by atoms with Crippen LogP contribution in [-0.4, -0.2) is 96.7 Å². The molecule has 594 valence electrons. The third-order valence-electron chi connectivity index (χ3n) is 19.3. The van der Waals surface area contributed by atoms with Gasteiger partial charge in [-0.3, -0.25) is 37.3 Å². The van der Waals surface area contributed by atoms with Crippen molar-refractivity contribution in [3.8, 4) is 0 Å². The summed E-state index contributed by atoms with van der Waals surface area (Å²) in [5.74, 6) is -0.596. The predicted molar refractivity (Wildman–Crippen MR) is 409 cm³/mol. The quantitative estimate of drug-likeness (QED) is 0.0222. The molecule has 0 saturated heterocycles. The number of carbonyl (C=O) groups excluding carboxylic acids is 4. The van der Waals surface area contributed by atoms with Gasteiger partial charge in [-0.25, -0.2) is 9.13 Å². The van der Waals surface area contributed by atoms with Crippen LogP contribution in [0.2, 0.25) is 0 Å². The first kappa shape index (κ1) is 98.1. The van der Waals surface area contributed by atoms with Gasteiger partial charge in [-0.05, 0) is 37.5 Å².